The topological polar surface area (TPSA) is 52.9 Å². The van der Waals surface area contributed by atoms with Gasteiger partial charge in [-0.2, -0.15) is 5.26 Å². The van der Waals surface area contributed by atoms with Crippen LogP contribution in [0.15, 0.2) is 64.6 Å². The minimum absolute atomic E-state index is 0.0871. The molecular weight excluding hydrogens is 328 g/mol. The predicted molar refractivity (Wildman–Crippen MR) is 86.0 cm³/mol. The van der Waals surface area contributed by atoms with Crippen molar-refractivity contribution in [2.45, 2.75) is 6.54 Å². The molecule has 0 spiro atoms. The van der Waals surface area contributed by atoms with Crippen LogP contribution in [0.25, 0.3) is 6.08 Å². The highest BCUT2D eigenvalue weighted by molar-refractivity contribution is 9.10. The Morgan fingerprint density at radius 3 is 2.62 bits per heavy atom. The molecular formula is C17H13BrN2O. The van der Waals surface area contributed by atoms with Crippen LogP contribution < -0.4 is 5.32 Å². The van der Waals surface area contributed by atoms with Gasteiger partial charge >= 0.3 is 0 Å². The van der Waals surface area contributed by atoms with Gasteiger partial charge in [0.05, 0.1) is 0 Å². The number of hydrogen-bond acceptors (Lipinski definition) is 2. The number of nitriles is 1. The van der Waals surface area contributed by atoms with Gasteiger partial charge in [0.1, 0.15) is 11.6 Å². The van der Waals surface area contributed by atoms with Gasteiger partial charge in [0.15, 0.2) is 0 Å². The summed E-state index contributed by atoms with van der Waals surface area (Å²) in [7, 11) is 0. The maximum absolute atomic E-state index is 12.0. The molecule has 4 heteroatoms. The van der Waals surface area contributed by atoms with Crippen LogP contribution in [-0.4, -0.2) is 5.91 Å². The van der Waals surface area contributed by atoms with Crippen molar-refractivity contribution in [2.75, 3.05) is 0 Å². The lowest BCUT2D eigenvalue weighted by molar-refractivity contribution is -0.117. The Morgan fingerprint density at radius 1 is 1.19 bits per heavy atom. The lowest BCUT2D eigenvalue weighted by atomic mass is 10.1. The minimum atomic E-state index is -0.374. The van der Waals surface area contributed by atoms with E-state index in [1.54, 1.807) is 6.08 Å². The highest BCUT2D eigenvalue weighted by atomic mass is 79.9. The third-order valence-electron chi connectivity index (χ3n) is 2.82. The molecule has 2 aromatic carbocycles. The summed E-state index contributed by atoms with van der Waals surface area (Å²) in [5.41, 5.74) is 1.88. The Balaban J connectivity index is 2.07. The molecule has 21 heavy (non-hydrogen) atoms. The van der Waals surface area contributed by atoms with Crippen molar-refractivity contribution >= 4 is 27.9 Å². The van der Waals surface area contributed by atoms with Crippen LogP contribution in [-0.2, 0) is 11.3 Å². The fourth-order valence-corrected chi connectivity index (χ4v) is 2.20. The first-order valence-electron chi connectivity index (χ1n) is 6.38. The first-order valence-corrected chi connectivity index (χ1v) is 7.18. The zero-order valence-corrected chi connectivity index (χ0v) is 12.8. The molecule has 0 aromatic heterocycles. The summed E-state index contributed by atoms with van der Waals surface area (Å²) in [4.78, 5) is 12.0. The Morgan fingerprint density at radius 2 is 1.95 bits per heavy atom. The number of amides is 1. The van der Waals surface area contributed by atoms with E-state index in [0.717, 1.165) is 15.6 Å². The summed E-state index contributed by atoms with van der Waals surface area (Å²) in [5.74, 6) is -0.374. The van der Waals surface area contributed by atoms with Crippen molar-refractivity contribution in [3.05, 3.63) is 75.8 Å². The van der Waals surface area contributed by atoms with Gasteiger partial charge in [-0.3, -0.25) is 4.79 Å². The second-order valence-corrected chi connectivity index (χ2v) is 5.31. The monoisotopic (exact) mass is 340 g/mol. The predicted octanol–water partition coefficient (Wildman–Crippen LogP) is 3.67. The van der Waals surface area contributed by atoms with E-state index in [1.807, 2.05) is 60.7 Å². The van der Waals surface area contributed by atoms with Gasteiger partial charge in [0, 0.05) is 11.0 Å². The molecule has 0 aliphatic rings. The lowest BCUT2D eigenvalue weighted by Crippen LogP contribution is -2.23. The van der Waals surface area contributed by atoms with Crippen LogP contribution in [0.5, 0.6) is 0 Å². The van der Waals surface area contributed by atoms with Crippen molar-refractivity contribution in [1.29, 1.82) is 5.26 Å². The molecule has 0 saturated heterocycles. The molecule has 0 saturated carbocycles. The molecule has 0 bridgehead atoms. The van der Waals surface area contributed by atoms with E-state index in [9.17, 15) is 4.79 Å². The summed E-state index contributed by atoms with van der Waals surface area (Å²) in [6.07, 6.45) is 1.57. The summed E-state index contributed by atoms with van der Waals surface area (Å²) < 4.78 is 0.901. The molecule has 1 amide bonds. The van der Waals surface area contributed by atoms with Crippen LogP contribution in [0, 0.1) is 11.3 Å². The van der Waals surface area contributed by atoms with Crippen molar-refractivity contribution in [3.8, 4) is 6.07 Å². The molecule has 104 valence electrons. The first-order chi connectivity index (χ1) is 10.2. The number of benzene rings is 2. The second kappa shape index (κ2) is 7.41. The molecule has 0 radical (unpaired) electrons. The smallest absolute Gasteiger partial charge is 0.262 e. The summed E-state index contributed by atoms with van der Waals surface area (Å²) in [6, 6.07) is 18.9. The Hall–Kier alpha value is -2.38. The van der Waals surface area contributed by atoms with E-state index < -0.39 is 0 Å². The summed E-state index contributed by atoms with van der Waals surface area (Å²) >= 11 is 3.36. The number of nitrogens with zero attached hydrogens (tertiary/aromatic N) is 1. The van der Waals surface area contributed by atoms with Crippen LogP contribution in [0.3, 0.4) is 0 Å². The quantitative estimate of drug-likeness (QED) is 0.681. The van der Waals surface area contributed by atoms with Gasteiger partial charge in [-0.1, -0.05) is 58.4 Å². The number of carbonyl (C=O) groups is 1. The molecule has 2 aromatic rings. The molecule has 1 N–H and O–H groups in total. The molecule has 0 unspecified atom stereocenters. The third-order valence-corrected chi connectivity index (χ3v) is 3.31. The summed E-state index contributed by atoms with van der Waals surface area (Å²) in [6.45, 7) is 0.400. The van der Waals surface area contributed by atoms with Gasteiger partial charge in [-0.05, 0) is 29.3 Å². The van der Waals surface area contributed by atoms with E-state index in [2.05, 4.69) is 21.2 Å². The minimum Gasteiger partial charge on any atom is -0.347 e. The Kier molecular flexibility index (Phi) is 5.30. The standard InChI is InChI=1S/C17H13BrN2O/c18-16-8-4-7-14(10-16)9-15(11-19)17(21)20-12-13-5-2-1-3-6-13/h1-10H,12H2,(H,20,21)/b15-9-. The van der Waals surface area contributed by atoms with E-state index in [-0.39, 0.29) is 11.5 Å². The SMILES string of the molecule is N#C/C(=C/c1cccc(Br)c1)C(=O)NCc1ccccc1. The third kappa shape index (κ3) is 4.59. The average molecular weight is 341 g/mol. The zero-order valence-electron chi connectivity index (χ0n) is 11.2. The van der Waals surface area contributed by atoms with E-state index in [1.165, 1.54) is 0 Å². The molecule has 0 heterocycles. The fourth-order valence-electron chi connectivity index (χ4n) is 1.79. The highest BCUT2D eigenvalue weighted by Crippen LogP contribution is 2.14. The molecule has 2 rings (SSSR count). The Labute approximate surface area is 132 Å². The molecule has 0 aliphatic carbocycles. The molecule has 0 atom stereocenters. The van der Waals surface area contributed by atoms with E-state index in [0.29, 0.717) is 6.54 Å². The van der Waals surface area contributed by atoms with Crippen molar-refractivity contribution in [2.24, 2.45) is 0 Å². The molecule has 3 nitrogen and oxygen atoms in total. The second-order valence-electron chi connectivity index (χ2n) is 4.39. The van der Waals surface area contributed by atoms with Crippen molar-refractivity contribution < 1.29 is 4.79 Å². The van der Waals surface area contributed by atoms with Gasteiger partial charge in [0.25, 0.3) is 5.91 Å². The highest BCUT2D eigenvalue weighted by Gasteiger charge is 2.08. The van der Waals surface area contributed by atoms with E-state index >= 15 is 0 Å². The van der Waals surface area contributed by atoms with Crippen LogP contribution in [0.4, 0.5) is 0 Å². The van der Waals surface area contributed by atoms with Gasteiger partial charge in [0.2, 0.25) is 0 Å². The normalized spacial score (nSPS) is 10.8. The van der Waals surface area contributed by atoms with Gasteiger partial charge < -0.3 is 5.32 Å². The van der Waals surface area contributed by atoms with Crippen molar-refractivity contribution in [3.63, 3.8) is 0 Å². The largest absolute Gasteiger partial charge is 0.347 e. The number of halogens is 1. The van der Waals surface area contributed by atoms with Gasteiger partial charge in [-0.15, -0.1) is 0 Å². The Bertz CT molecular complexity index is 702. The van der Waals surface area contributed by atoms with E-state index in [4.69, 9.17) is 5.26 Å². The van der Waals surface area contributed by atoms with Crippen LogP contribution >= 0.6 is 15.9 Å². The molecule has 0 fully saturated rings. The summed E-state index contributed by atoms with van der Waals surface area (Å²) in [5, 5.41) is 11.9. The van der Waals surface area contributed by atoms with Crippen molar-refractivity contribution in [1.82, 2.24) is 5.32 Å². The number of carbonyl (C=O) groups excluding carboxylic acids is 1. The zero-order chi connectivity index (χ0) is 15.1. The van der Waals surface area contributed by atoms with Crippen LogP contribution in [0.1, 0.15) is 11.1 Å². The average Bonchev–Trinajstić information content (AvgIpc) is 2.51. The maximum Gasteiger partial charge on any atom is 0.262 e. The first kappa shape index (κ1) is 15.0. The maximum atomic E-state index is 12.0. The molecule has 0 aliphatic heterocycles. The van der Waals surface area contributed by atoms with Gasteiger partial charge in [-0.25, -0.2) is 0 Å². The fraction of sp³-hybridized carbons (Fsp3) is 0.0588. The number of hydrogen-bond donors (Lipinski definition) is 1. The number of nitrogens with one attached hydrogen (secondary N) is 1. The number of rotatable bonds is 4. The van der Waals surface area contributed by atoms with Crippen LogP contribution in [0.2, 0.25) is 0 Å². The lowest BCUT2D eigenvalue weighted by Gasteiger charge is -2.04.